The van der Waals surface area contributed by atoms with Gasteiger partial charge >= 0.3 is 5.97 Å². The van der Waals surface area contributed by atoms with Gasteiger partial charge in [-0.3, -0.25) is 14.7 Å². The van der Waals surface area contributed by atoms with E-state index in [0.717, 1.165) is 52.8 Å². The van der Waals surface area contributed by atoms with Crippen LogP contribution in [0.5, 0.6) is 0 Å². The van der Waals surface area contributed by atoms with Gasteiger partial charge in [0.15, 0.2) is 6.10 Å². The lowest BCUT2D eigenvalue weighted by atomic mass is 9.95. The van der Waals surface area contributed by atoms with Crippen molar-refractivity contribution in [2.75, 3.05) is 11.9 Å². The van der Waals surface area contributed by atoms with E-state index in [1.807, 2.05) is 74.5 Å². The van der Waals surface area contributed by atoms with Crippen LogP contribution in [0.4, 0.5) is 5.69 Å². The number of ether oxygens (including phenoxy) is 1. The fourth-order valence-corrected chi connectivity index (χ4v) is 4.92. The molecule has 2 heterocycles. The first-order valence-corrected chi connectivity index (χ1v) is 12.6. The molecule has 5 rings (SSSR count). The Morgan fingerprint density at radius 1 is 1.03 bits per heavy atom. The van der Waals surface area contributed by atoms with Crippen LogP contribution in [0.25, 0.3) is 10.9 Å². The van der Waals surface area contributed by atoms with Crippen molar-refractivity contribution in [1.29, 1.82) is 0 Å². The zero-order chi connectivity index (χ0) is 25.9. The number of benzene rings is 3. The summed E-state index contributed by atoms with van der Waals surface area (Å²) in [6, 6.07) is 23.7. The van der Waals surface area contributed by atoms with Gasteiger partial charge in [-0.05, 0) is 44.0 Å². The highest BCUT2D eigenvalue weighted by atomic mass is 16.5. The molecule has 0 bridgehead atoms. The summed E-state index contributed by atoms with van der Waals surface area (Å²) < 4.78 is 5.76. The summed E-state index contributed by atoms with van der Waals surface area (Å²) in [7, 11) is 0. The Balaban J connectivity index is 1.40. The molecule has 1 amide bonds. The van der Waals surface area contributed by atoms with E-state index in [9.17, 15) is 9.59 Å². The third kappa shape index (κ3) is 5.39. The summed E-state index contributed by atoms with van der Waals surface area (Å²) in [6.07, 6.45) is -0.212. The summed E-state index contributed by atoms with van der Waals surface area (Å²) >= 11 is 0. The van der Waals surface area contributed by atoms with Gasteiger partial charge in [0.05, 0.1) is 11.1 Å². The summed E-state index contributed by atoms with van der Waals surface area (Å²) in [5, 5.41) is 3.64. The maximum absolute atomic E-state index is 13.6. The number of hydrogen-bond donors (Lipinski definition) is 1. The fourth-order valence-electron chi connectivity index (χ4n) is 4.92. The summed E-state index contributed by atoms with van der Waals surface area (Å²) in [4.78, 5) is 33.7. The van der Waals surface area contributed by atoms with Crippen molar-refractivity contribution in [2.45, 2.75) is 46.4 Å². The first-order chi connectivity index (χ1) is 17.9. The molecule has 1 unspecified atom stereocenters. The number of aryl methyl sites for hydroxylation is 2. The van der Waals surface area contributed by atoms with Crippen LogP contribution in [0, 0.1) is 13.8 Å². The number of nitrogens with zero attached hydrogens (tertiary/aromatic N) is 2. The van der Waals surface area contributed by atoms with E-state index < -0.39 is 12.1 Å². The Bertz CT molecular complexity index is 1470. The zero-order valence-corrected chi connectivity index (χ0v) is 21.5. The Morgan fingerprint density at radius 3 is 2.57 bits per heavy atom. The molecule has 0 saturated carbocycles. The van der Waals surface area contributed by atoms with Gasteiger partial charge < -0.3 is 10.1 Å². The fraction of sp³-hybridized carbons (Fsp3) is 0.258. The normalized spacial score (nSPS) is 14.1. The molecule has 0 spiro atoms. The molecule has 1 aromatic heterocycles. The van der Waals surface area contributed by atoms with E-state index in [4.69, 9.17) is 9.72 Å². The summed E-state index contributed by atoms with van der Waals surface area (Å²) in [5.41, 5.74) is 7.07. The molecule has 0 radical (unpaired) electrons. The van der Waals surface area contributed by atoms with Crippen LogP contribution < -0.4 is 5.32 Å². The van der Waals surface area contributed by atoms with E-state index in [2.05, 4.69) is 22.3 Å². The van der Waals surface area contributed by atoms with E-state index >= 15 is 0 Å². The number of anilines is 1. The second-order valence-electron chi connectivity index (χ2n) is 9.73. The predicted octanol–water partition coefficient (Wildman–Crippen LogP) is 5.59. The highest BCUT2D eigenvalue weighted by molar-refractivity contribution is 6.06. The lowest BCUT2D eigenvalue weighted by Crippen LogP contribution is -2.34. The first-order valence-electron chi connectivity index (χ1n) is 12.6. The van der Waals surface area contributed by atoms with Crippen molar-refractivity contribution in [3.8, 4) is 0 Å². The Hall–Kier alpha value is -4.03. The molecule has 188 valence electrons. The van der Waals surface area contributed by atoms with Crippen LogP contribution in [-0.2, 0) is 29.0 Å². The van der Waals surface area contributed by atoms with Crippen LogP contribution in [0.2, 0.25) is 0 Å². The number of carbonyl (C=O) groups excluding carboxylic acids is 2. The van der Waals surface area contributed by atoms with Gasteiger partial charge in [0.2, 0.25) is 0 Å². The van der Waals surface area contributed by atoms with E-state index in [1.54, 1.807) is 6.92 Å². The molecule has 1 aliphatic heterocycles. The van der Waals surface area contributed by atoms with Crippen LogP contribution in [-0.4, -0.2) is 34.4 Å². The highest BCUT2D eigenvalue weighted by Gasteiger charge is 2.29. The Kier molecular flexibility index (Phi) is 7.01. The van der Waals surface area contributed by atoms with Gasteiger partial charge in [0.25, 0.3) is 5.91 Å². The molecule has 6 heteroatoms. The number of nitrogens with one attached hydrogen (secondary N) is 1. The summed E-state index contributed by atoms with van der Waals surface area (Å²) in [6.45, 7) is 7.79. The second-order valence-corrected chi connectivity index (χ2v) is 9.73. The summed E-state index contributed by atoms with van der Waals surface area (Å²) in [5.74, 6) is -0.863. The van der Waals surface area contributed by atoms with Gasteiger partial charge in [0, 0.05) is 48.4 Å². The molecule has 1 aliphatic rings. The third-order valence-corrected chi connectivity index (χ3v) is 6.87. The van der Waals surface area contributed by atoms with E-state index in [0.29, 0.717) is 17.8 Å². The minimum Gasteiger partial charge on any atom is -0.449 e. The molecule has 0 aliphatic carbocycles. The molecule has 1 N–H and O–H groups in total. The molecule has 1 atom stereocenters. The predicted molar refractivity (Wildman–Crippen MR) is 145 cm³/mol. The smallest absolute Gasteiger partial charge is 0.339 e. The number of hydrogen-bond acceptors (Lipinski definition) is 5. The van der Waals surface area contributed by atoms with Crippen LogP contribution in [0.15, 0.2) is 72.8 Å². The molecule has 3 aromatic carbocycles. The topological polar surface area (TPSA) is 71.5 Å². The van der Waals surface area contributed by atoms with Gasteiger partial charge in [-0.1, -0.05) is 66.2 Å². The van der Waals surface area contributed by atoms with Crippen molar-refractivity contribution in [2.24, 2.45) is 0 Å². The average molecular weight is 494 g/mol. The first kappa shape index (κ1) is 24.7. The van der Waals surface area contributed by atoms with Gasteiger partial charge in [-0.15, -0.1) is 0 Å². The minimum absolute atomic E-state index is 0.363. The molecular weight excluding hydrogens is 462 g/mol. The lowest BCUT2D eigenvalue weighted by Gasteiger charge is -2.30. The minimum atomic E-state index is -0.959. The molecule has 0 saturated heterocycles. The van der Waals surface area contributed by atoms with E-state index in [1.165, 1.54) is 5.56 Å². The zero-order valence-electron chi connectivity index (χ0n) is 21.5. The quantitative estimate of drug-likeness (QED) is 0.354. The number of pyridine rings is 1. The maximum atomic E-state index is 13.6. The number of esters is 1. The van der Waals surface area contributed by atoms with Crippen LogP contribution in [0.3, 0.4) is 0 Å². The number of amides is 1. The van der Waals surface area contributed by atoms with Crippen LogP contribution in [0.1, 0.15) is 45.2 Å². The molecule has 37 heavy (non-hydrogen) atoms. The molecule has 4 aromatic rings. The van der Waals surface area contributed by atoms with Crippen molar-refractivity contribution >= 4 is 28.5 Å². The SMILES string of the molecule is Cc1ccc(NC(=O)C(C)OC(=O)c2c3c(nc4ccccc24)CCN(Cc2ccccc2)C3)c(C)c1. The third-order valence-electron chi connectivity index (χ3n) is 6.87. The number of fused-ring (bicyclic) bond motifs is 2. The maximum Gasteiger partial charge on any atom is 0.339 e. The number of para-hydroxylation sites is 1. The molecular formula is C31H31N3O3. The Morgan fingerprint density at radius 2 is 1.78 bits per heavy atom. The van der Waals surface area contributed by atoms with Crippen LogP contribution >= 0.6 is 0 Å². The standard InChI is InChI=1S/C31H31N3O3/c1-20-13-14-26(21(2)17-20)33-30(35)22(3)37-31(36)29-24-11-7-8-12-27(24)32-28-15-16-34(19-25(28)29)18-23-9-5-4-6-10-23/h4-14,17,22H,15-16,18-19H2,1-3H3,(H,33,35). The highest BCUT2D eigenvalue weighted by Crippen LogP contribution is 2.30. The number of rotatable bonds is 6. The number of carbonyl (C=O) groups is 2. The number of aromatic nitrogens is 1. The van der Waals surface area contributed by atoms with Gasteiger partial charge in [0.1, 0.15) is 0 Å². The van der Waals surface area contributed by atoms with Crippen molar-refractivity contribution in [3.05, 3.63) is 106 Å². The van der Waals surface area contributed by atoms with Crippen molar-refractivity contribution in [3.63, 3.8) is 0 Å². The monoisotopic (exact) mass is 493 g/mol. The van der Waals surface area contributed by atoms with Crippen molar-refractivity contribution < 1.29 is 14.3 Å². The van der Waals surface area contributed by atoms with Crippen molar-refractivity contribution in [1.82, 2.24) is 9.88 Å². The Labute approximate surface area is 217 Å². The second kappa shape index (κ2) is 10.5. The largest absolute Gasteiger partial charge is 0.449 e. The van der Waals surface area contributed by atoms with Gasteiger partial charge in [-0.25, -0.2) is 4.79 Å². The van der Waals surface area contributed by atoms with Gasteiger partial charge in [-0.2, -0.15) is 0 Å². The molecule has 6 nitrogen and oxygen atoms in total. The molecule has 0 fully saturated rings. The lowest BCUT2D eigenvalue weighted by molar-refractivity contribution is -0.123. The van der Waals surface area contributed by atoms with E-state index in [-0.39, 0.29) is 5.91 Å². The average Bonchev–Trinajstić information content (AvgIpc) is 2.89.